The fourth-order valence-corrected chi connectivity index (χ4v) is 2.12. The molecule has 0 aliphatic heterocycles. The zero-order chi connectivity index (χ0) is 12.4. The third kappa shape index (κ3) is 2.96. The molecule has 0 fully saturated rings. The van der Waals surface area contributed by atoms with Crippen molar-refractivity contribution in [2.75, 3.05) is 5.32 Å². The normalized spacial score (nSPS) is 10.4. The van der Waals surface area contributed by atoms with Gasteiger partial charge in [0.25, 0.3) is 0 Å². The van der Waals surface area contributed by atoms with Crippen molar-refractivity contribution >= 4 is 39.0 Å². The topological polar surface area (TPSA) is 37.8 Å². The maximum Gasteiger partial charge on any atom is 0.135 e. The monoisotopic (exact) mass is 311 g/mol. The van der Waals surface area contributed by atoms with Gasteiger partial charge in [-0.3, -0.25) is 0 Å². The van der Waals surface area contributed by atoms with E-state index >= 15 is 0 Å². The first-order chi connectivity index (χ1) is 8.06. The number of aryl methyl sites for hydroxylation is 1. The van der Waals surface area contributed by atoms with Crippen LogP contribution >= 0.6 is 27.5 Å². The second-order valence-electron chi connectivity index (χ2n) is 3.66. The van der Waals surface area contributed by atoms with E-state index in [1.54, 1.807) is 0 Å². The molecule has 0 saturated carbocycles. The predicted octanol–water partition coefficient (Wildman–Crippen LogP) is 4.25. The Balaban J connectivity index is 2.34. The first-order valence-corrected chi connectivity index (χ1v) is 6.26. The number of anilines is 2. The Labute approximate surface area is 113 Å². The van der Waals surface area contributed by atoms with Crippen LogP contribution < -0.4 is 5.32 Å². The van der Waals surface area contributed by atoms with E-state index in [4.69, 9.17) is 11.6 Å². The van der Waals surface area contributed by atoms with Crippen molar-refractivity contribution in [1.82, 2.24) is 9.97 Å². The van der Waals surface area contributed by atoms with Gasteiger partial charge < -0.3 is 5.32 Å². The SMILES string of the molecule is Cc1nc(Br)cc(Nc2cccc(Cl)c2C)n1. The van der Waals surface area contributed by atoms with Crippen LogP contribution in [0.5, 0.6) is 0 Å². The summed E-state index contributed by atoms with van der Waals surface area (Å²) in [5, 5.41) is 3.97. The number of nitrogens with zero attached hydrogens (tertiary/aromatic N) is 2. The fourth-order valence-electron chi connectivity index (χ4n) is 1.48. The van der Waals surface area contributed by atoms with Gasteiger partial charge in [0.2, 0.25) is 0 Å². The van der Waals surface area contributed by atoms with Crippen molar-refractivity contribution in [3.05, 3.63) is 45.3 Å². The molecule has 0 spiro atoms. The summed E-state index contributed by atoms with van der Waals surface area (Å²) in [6, 6.07) is 7.56. The molecular weight excluding hydrogens is 302 g/mol. The van der Waals surface area contributed by atoms with Gasteiger partial charge in [-0.25, -0.2) is 9.97 Å². The highest BCUT2D eigenvalue weighted by molar-refractivity contribution is 9.10. The number of halogens is 2. The number of nitrogens with one attached hydrogen (secondary N) is 1. The maximum absolute atomic E-state index is 6.06. The zero-order valence-corrected chi connectivity index (χ0v) is 11.8. The Bertz CT molecular complexity index is 537. The van der Waals surface area contributed by atoms with Gasteiger partial charge in [-0.1, -0.05) is 17.7 Å². The lowest BCUT2D eigenvalue weighted by atomic mass is 10.2. The maximum atomic E-state index is 6.06. The van der Waals surface area contributed by atoms with E-state index in [9.17, 15) is 0 Å². The molecule has 0 unspecified atom stereocenters. The summed E-state index contributed by atoms with van der Waals surface area (Å²) in [4.78, 5) is 8.46. The molecule has 1 heterocycles. The second-order valence-corrected chi connectivity index (χ2v) is 4.88. The van der Waals surface area contributed by atoms with Crippen LogP contribution in [0.4, 0.5) is 11.5 Å². The summed E-state index contributed by atoms with van der Waals surface area (Å²) >= 11 is 9.40. The van der Waals surface area contributed by atoms with E-state index in [0.717, 1.165) is 26.7 Å². The number of benzene rings is 1. The quantitative estimate of drug-likeness (QED) is 0.842. The first-order valence-electron chi connectivity index (χ1n) is 5.09. The first kappa shape index (κ1) is 12.3. The van der Waals surface area contributed by atoms with E-state index in [0.29, 0.717) is 5.82 Å². The largest absolute Gasteiger partial charge is 0.340 e. The summed E-state index contributed by atoms with van der Waals surface area (Å²) in [6.07, 6.45) is 0. The summed E-state index contributed by atoms with van der Waals surface area (Å²) in [7, 11) is 0. The summed E-state index contributed by atoms with van der Waals surface area (Å²) in [5.41, 5.74) is 1.95. The van der Waals surface area contributed by atoms with Gasteiger partial charge in [0.15, 0.2) is 0 Å². The number of hydrogen-bond acceptors (Lipinski definition) is 3. The summed E-state index contributed by atoms with van der Waals surface area (Å²) in [6.45, 7) is 3.81. The average molecular weight is 313 g/mol. The van der Waals surface area contributed by atoms with Gasteiger partial charge in [0, 0.05) is 16.8 Å². The van der Waals surface area contributed by atoms with Crippen LogP contribution in [0.25, 0.3) is 0 Å². The Morgan fingerprint density at radius 1 is 1.24 bits per heavy atom. The minimum absolute atomic E-state index is 0.710. The molecule has 2 aromatic rings. The highest BCUT2D eigenvalue weighted by atomic mass is 79.9. The second kappa shape index (κ2) is 5.02. The highest BCUT2D eigenvalue weighted by Gasteiger charge is 2.04. The molecule has 5 heteroatoms. The van der Waals surface area contributed by atoms with Crippen molar-refractivity contribution < 1.29 is 0 Å². The van der Waals surface area contributed by atoms with E-state index in [1.165, 1.54) is 0 Å². The predicted molar refractivity (Wildman–Crippen MR) is 73.9 cm³/mol. The van der Waals surface area contributed by atoms with E-state index in [2.05, 4.69) is 31.2 Å². The van der Waals surface area contributed by atoms with Crippen LogP contribution in [0, 0.1) is 13.8 Å². The van der Waals surface area contributed by atoms with Crippen LogP contribution in [0.3, 0.4) is 0 Å². The Morgan fingerprint density at radius 3 is 2.71 bits per heavy atom. The molecule has 2 rings (SSSR count). The molecule has 0 radical (unpaired) electrons. The van der Waals surface area contributed by atoms with E-state index in [-0.39, 0.29) is 0 Å². The molecule has 0 aliphatic carbocycles. The van der Waals surface area contributed by atoms with Crippen LogP contribution in [-0.4, -0.2) is 9.97 Å². The van der Waals surface area contributed by atoms with Gasteiger partial charge in [-0.05, 0) is 47.5 Å². The lowest BCUT2D eigenvalue weighted by molar-refractivity contribution is 1.04. The number of aromatic nitrogens is 2. The molecule has 0 aliphatic rings. The van der Waals surface area contributed by atoms with E-state index in [1.807, 2.05) is 38.1 Å². The van der Waals surface area contributed by atoms with Crippen molar-refractivity contribution in [3.8, 4) is 0 Å². The molecule has 1 aromatic heterocycles. The standard InChI is InChI=1S/C12H11BrClN3/c1-7-9(14)4-3-5-10(7)17-12-6-11(13)15-8(2)16-12/h3-6H,1-2H3,(H,15,16,17). The Hall–Kier alpha value is -1.13. The van der Waals surface area contributed by atoms with Gasteiger partial charge in [0.05, 0.1) is 0 Å². The molecule has 0 atom stereocenters. The minimum atomic E-state index is 0.710. The van der Waals surface area contributed by atoms with Crippen molar-refractivity contribution in [3.63, 3.8) is 0 Å². The molecule has 17 heavy (non-hydrogen) atoms. The highest BCUT2D eigenvalue weighted by Crippen LogP contribution is 2.26. The smallest absolute Gasteiger partial charge is 0.135 e. The molecular formula is C12H11BrClN3. The molecule has 0 saturated heterocycles. The van der Waals surface area contributed by atoms with Gasteiger partial charge in [-0.2, -0.15) is 0 Å². The van der Waals surface area contributed by atoms with Crippen LogP contribution in [0.2, 0.25) is 5.02 Å². The van der Waals surface area contributed by atoms with Crippen LogP contribution in [0.15, 0.2) is 28.9 Å². The fraction of sp³-hybridized carbons (Fsp3) is 0.167. The van der Waals surface area contributed by atoms with Gasteiger partial charge >= 0.3 is 0 Å². The van der Waals surface area contributed by atoms with Crippen molar-refractivity contribution in [1.29, 1.82) is 0 Å². The molecule has 88 valence electrons. The molecule has 0 amide bonds. The number of rotatable bonds is 2. The Morgan fingerprint density at radius 2 is 2.00 bits per heavy atom. The van der Waals surface area contributed by atoms with Crippen LogP contribution in [-0.2, 0) is 0 Å². The Kier molecular flexibility index (Phi) is 3.64. The molecule has 0 bridgehead atoms. The van der Waals surface area contributed by atoms with Crippen molar-refractivity contribution in [2.24, 2.45) is 0 Å². The lowest BCUT2D eigenvalue weighted by Gasteiger charge is -2.10. The third-order valence-corrected chi connectivity index (χ3v) is 3.15. The average Bonchev–Trinajstić information content (AvgIpc) is 2.23. The summed E-state index contributed by atoms with van der Waals surface area (Å²) in [5.74, 6) is 1.45. The molecule has 1 N–H and O–H groups in total. The molecule has 1 aromatic carbocycles. The minimum Gasteiger partial charge on any atom is -0.340 e. The lowest BCUT2D eigenvalue weighted by Crippen LogP contribution is -1.99. The van der Waals surface area contributed by atoms with Gasteiger partial charge in [0.1, 0.15) is 16.2 Å². The summed E-state index contributed by atoms with van der Waals surface area (Å²) < 4.78 is 0.757. The van der Waals surface area contributed by atoms with Crippen molar-refractivity contribution in [2.45, 2.75) is 13.8 Å². The van der Waals surface area contributed by atoms with Crippen LogP contribution in [0.1, 0.15) is 11.4 Å². The zero-order valence-electron chi connectivity index (χ0n) is 9.46. The van der Waals surface area contributed by atoms with E-state index < -0.39 is 0 Å². The van der Waals surface area contributed by atoms with Gasteiger partial charge in [-0.15, -0.1) is 0 Å². The third-order valence-electron chi connectivity index (χ3n) is 2.34. The number of hydrogen-bond donors (Lipinski definition) is 1. The molecule has 3 nitrogen and oxygen atoms in total.